The Hall–Kier alpha value is -2.93. The summed E-state index contributed by atoms with van der Waals surface area (Å²) in [6.07, 6.45) is 1.90. The van der Waals surface area contributed by atoms with Gasteiger partial charge in [-0.05, 0) is 41.1 Å². The molecule has 0 spiro atoms. The van der Waals surface area contributed by atoms with Crippen LogP contribution < -0.4 is 0 Å². The van der Waals surface area contributed by atoms with Crippen molar-refractivity contribution in [2.24, 2.45) is 0 Å². The molecule has 23 heavy (non-hydrogen) atoms. The summed E-state index contributed by atoms with van der Waals surface area (Å²) in [5.41, 5.74) is 5.95. The van der Waals surface area contributed by atoms with E-state index in [1.807, 2.05) is 12.3 Å². The Morgan fingerprint density at radius 1 is 0.696 bits per heavy atom. The van der Waals surface area contributed by atoms with Gasteiger partial charge in [0, 0.05) is 17.1 Å². The number of hydrogen-bond acceptors (Lipinski definition) is 1. The molecule has 0 N–H and O–H groups in total. The van der Waals surface area contributed by atoms with E-state index in [1.165, 1.54) is 33.0 Å². The van der Waals surface area contributed by atoms with E-state index < -0.39 is 0 Å². The molecule has 0 saturated heterocycles. The lowest BCUT2D eigenvalue weighted by Gasteiger charge is -2.11. The number of pyridine rings is 1. The first-order chi connectivity index (χ1) is 11.3. The van der Waals surface area contributed by atoms with Crippen LogP contribution in [0, 0.1) is 6.92 Å². The second kappa shape index (κ2) is 5.69. The van der Waals surface area contributed by atoms with E-state index in [4.69, 9.17) is 0 Å². The second-order valence-corrected chi connectivity index (χ2v) is 5.78. The monoisotopic (exact) mass is 295 g/mol. The van der Waals surface area contributed by atoms with Crippen LogP contribution in [-0.2, 0) is 0 Å². The van der Waals surface area contributed by atoms with Gasteiger partial charge in [-0.1, -0.05) is 66.7 Å². The zero-order chi connectivity index (χ0) is 15.6. The Labute approximate surface area is 136 Å². The van der Waals surface area contributed by atoms with Crippen LogP contribution in [-0.4, -0.2) is 4.98 Å². The fourth-order valence-corrected chi connectivity index (χ4v) is 3.02. The Bertz CT molecular complexity index is 966. The summed E-state index contributed by atoms with van der Waals surface area (Å²) in [5.74, 6) is 0. The van der Waals surface area contributed by atoms with Crippen molar-refractivity contribution in [2.75, 3.05) is 0 Å². The van der Waals surface area contributed by atoms with Gasteiger partial charge in [-0.15, -0.1) is 0 Å². The summed E-state index contributed by atoms with van der Waals surface area (Å²) in [5, 5.41) is 2.42. The van der Waals surface area contributed by atoms with Gasteiger partial charge in [0.25, 0.3) is 0 Å². The summed E-state index contributed by atoms with van der Waals surface area (Å²) in [6, 6.07) is 27.6. The van der Waals surface area contributed by atoms with Crippen LogP contribution in [0.15, 0.2) is 85.1 Å². The lowest BCUT2D eigenvalue weighted by molar-refractivity contribution is 1.33. The van der Waals surface area contributed by atoms with Crippen molar-refractivity contribution in [1.29, 1.82) is 0 Å². The number of aromatic nitrogens is 1. The molecule has 0 aliphatic rings. The molecular formula is C22H17N. The minimum absolute atomic E-state index is 1.05. The first kappa shape index (κ1) is 13.7. The standard InChI is InChI=1S/C22H17N/c1-16-11-12-19(17-7-3-2-4-8-17)15-21(16)22-20-10-6-5-9-18(20)13-14-23-22/h2-15H,1H3. The number of hydrogen-bond donors (Lipinski definition) is 0. The number of benzene rings is 3. The van der Waals surface area contributed by atoms with Gasteiger partial charge in [0.15, 0.2) is 0 Å². The highest BCUT2D eigenvalue weighted by Crippen LogP contribution is 2.32. The molecule has 0 bridgehead atoms. The Morgan fingerprint density at radius 2 is 1.48 bits per heavy atom. The second-order valence-electron chi connectivity index (χ2n) is 5.78. The van der Waals surface area contributed by atoms with Gasteiger partial charge < -0.3 is 0 Å². The van der Waals surface area contributed by atoms with E-state index in [9.17, 15) is 0 Å². The molecule has 0 radical (unpaired) electrons. The molecule has 0 atom stereocenters. The van der Waals surface area contributed by atoms with Crippen LogP contribution in [0.25, 0.3) is 33.2 Å². The van der Waals surface area contributed by atoms with Crippen molar-refractivity contribution in [2.45, 2.75) is 6.92 Å². The summed E-state index contributed by atoms with van der Waals surface area (Å²) in [7, 11) is 0. The highest BCUT2D eigenvalue weighted by molar-refractivity contribution is 5.95. The lowest BCUT2D eigenvalue weighted by Crippen LogP contribution is -1.90. The van der Waals surface area contributed by atoms with Crippen LogP contribution in [0.4, 0.5) is 0 Å². The summed E-state index contributed by atoms with van der Waals surface area (Å²) in [4.78, 5) is 4.67. The molecule has 0 aliphatic heterocycles. The van der Waals surface area contributed by atoms with Crippen molar-refractivity contribution < 1.29 is 0 Å². The molecule has 0 amide bonds. The van der Waals surface area contributed by atoms with Crippen molar-refractivity contribution in [3.63, 3.8) is 0 Å². The van der Waals surface area contributed by atoms with E-state index in [1.54, 1.807) is 0 Å². The van der Waals surface area contributed by atoms with Crippen molar-refractivity contribution >= 4 is 10.8 Å². The fraction of sp³-hybridized carbons (Fsp3) is 0.0455. The first-order valence-electron chi connectivity index (χ1n) is 7.83. The number of fused-ring (bicyclic) bond motifs is 1. The third kappa shape index (κ3) is 2.51. The molecule has 1 nitrogen and oxygen atoms in total. The molecule has 0 aliphatic carbocycles. The molecule has 110 valence electrons. The number of nitrogens with zero attached hydrogens (tertiary/aromatic N) is 1. The molecule has 4 aromatic rings. The molecule has 4 rings (SSSR count). The maximum Gasteiger partial charge on any atom is 0.0783 e. The van der Waals surface area contributed by atoms with Crippen molar-refractivity contribution in [1.82, 2.24) is 4.98 Å². The average molecular weight is 295 g/mol. The Kier molecular flexibility index (Phi) is 3.39. The number of rotatable bonds is 2. The van der Waals surface area contributed by atoms with Gasteiger partial charge in [-0.2, -0.15) is 0 Å². The van der Waals surface area contributed by atoms with E-state index in [-0.39, 0.29) is 0 Å². The van der Waals surface area contributed by atoms with Crippen molar-refractivity contribution in [3.05, 3.63) is 90.6 Å². The predicted molar refractivity (Wildman–Crippen MR) is 97.4 cm³/mol. The normalized spacial score (nSPS) is 10.8. The smallest absolute Gasteiger partial charge is 0.0783 e. The maximum absolute atomic E-state index is 4.67. The lowest BCUT2D eigenvalue weighted by atomic mass is 9.95. The zero-order valence-corrected chi connectivity index (χ0v) is 13.0. The molecule has 1 heterocycles. The Morgan fingerprint density at radius 3 is 2.35 bits per heavy atom. The minimum atomic E-state index is 1.05. The van der Waals surface area contributed by atoms with Gasteiger partial charge >= 0.3 is 0 Å². The van der Waals surface area contributed by atoms with Crippen LogP contribution in [0.3, 0.4) is 0 Å². The van der Waals surface area contributed by atoms with E-state index in [2.05, 4.69) is 84.7 Å². The quantitative estimate of drug-likeness (QED) is 0.450. The predicted octanol–water partition coefficient (Wildman–Crippen LogP) is 5.88. The van der Waals surface area contributed by atoms with Gasteiger partial charge in [-0.25, -0.2) is 0 Å². The highest BCUT2D eigenvalue weighted by Gasteiger charge is 2.09. The third-order valence-corrected chi connectivity index (χ3v) is 4.27. The third-order valence-electron chi connectivity index (χ3n) is 4.27. The van der Waals surface area contributed by atoms with E-state index in [0.29, 0.717) is 0 Å². The SMILES string of the molecule is Cc1ccc(-c2ccccc2)cc1-c1nccc2ccccc12. The van der Waals surface area contributed by atoms with Crippen LogP contribution >= 0.6 is 0 Å². The molecule has 3 aromatic carbocycles. The average Bonchev–Trinajstić information content (AvgIpc) is 2.62. The van der Waals surface area contributed by atoms with Gasteiger partial charge in [-0.3, -0.25) is 4.98 Å². The largest absolute Gasteiger partial charge is 0.256 e. The van der Waals surface area contributed by atoms with Gasteiger partial charge in [0.1, 0.15) is 0 Å². The first-order valence-corrected chi connectivity index (χ1v) is 7.83. The number of aryl methyl sites for hydroxylation is 1. The topological polar surface area (TPSA) is 12.9 Å². The van der Waals surface area contributed by atoms with Crippen LogP contribution in [0.5, 0.6) is 0 Å². The molecule has 0 saturated carbocycles. The molecular weight excluding hydrogens is 278 g/mol. The summed E-state index contributed by atoms with van der Waals surface area (Å²) < 4.78 is 0. The molecule has 0 unspecified atom stereocenters. The fourth-order valence-electron chi connectivity index (χ4n) is 3.02. The molecule has 1 heteroatoms. The van der Waals surface area contributed by atoms with E-state index >= 15 is 0 Å². The van der Waals surface area contributed by atoms with Gasteiger partial charge in [0.2, 0.25) is 0 Å². The summed E-state index contributed by atoms with van der Waals surface area (Å²) >= 11 is 0. The van der Waals surface area contributed by atoms with E-state index in [0.717, 1.165) is 5.69 Å². The summed E-state index contributed by atoms with van der Waals surface area (Å²) in [6.45, 7) is 2.15. The van der Waals surface area contributed by atoms with Crippen LogP contribution in [0.2, 0.25) is 0 Å². The molecule has 1 aromatic heterocycles. The van der Waals surface area contributed by atoms with Gasteiger partial charge in [0.05, 0.1) is 5.69 Å². The Balaban J connectivity index is 1.95. The van der Waals surface area contributed by atoms with Crippen molar-refractivity contribution in [3.8, 4) is 22.4 Å². The highest BCUT2D eigenvalue weighted by atomic mass is 14.7. The minimum Gasteiger partial charge on any atom is -0.256 e. The maximum atomic E-state index is 4.67. The molecule has 0 fully saturated rings. The van der Waals surface area contributed by atoms with Crippen LogP contribution in [0.1, 0.15) is 5.56 Å². The zero-order valence-electron chi connectivity index (χ0n) is 13.0.